The van der Waals surface area contributed by atoms with E-state index in [1.807, 2.05) is 0 Å². The number of unbranched alkanes of at least 4 members (excludes halogenated alkanes) is 11. The average Bonchev–Trinajstić information content (AvgIpc) is 3.27. The van der Waals surface area contributed by atoms with Gasteiger partial charge >= 0.3 is 0 Å². The Bertz CT molecular complexity index is 519. The molecule has 0 saturated carbocycles. The second-order valence-corrected chi connectivity index (χ2v) is 7.77. The maximum Gasteiger partial charge on any atom is 0.287 e. The van der Waals surface area contributed by atoms with Gasteiger partial charge in [-0.05, 0) is 25.1 Å². The summed E-state index contributed by atoms with van der Waals surface area (Å²) in [4.78, 5) is 23.1. The molecule has 3 N–H and O–H groups in total. The van der Waals surface area contributed by atoms with Gasteiger partial charge in [-0.25, -0.2) is 0 Å². The summed E-state index contributed by atoms with van der Waals surface area (Å²) >= 11 is 0. The quantitative estimate of drug-likeness (QED) is 0.235. The third-order valence-corrected chi connectivity index (χ3v) is 5.16. The second kappa shape index (κ2) is 17.2. The fourth-order valence-electron chi connectivity index (χ4n) is 3.32. The van der Waals surface area contributed by atoms with Crippen molar-refractivity contribution < 1.29 is 19.1 Å². The molecule has 1 amide bonds. The van der Waals surface area contributed by atoms with Crippen molar-refractivity contribution in [1.29, 1.82) is 0 Å². The number of aliphatic hydroxyl groups excluding tert-OH is 1. The number of aliphatic hydroxyl groups is 1. The zero-order chi connectivity index (χ0) is 21.2. The van der Waals surface area contributed by atoms with Crippen LogP contribution in [0, 0.1) is 0 Å². The average molecular weight is 409 g/mol. The molecule has 6 nitrogen and oxygen atoms in total. The Kier molecular flexibility index (Phi) is 15.1. The van der Waals surface area contributed by atoms with Gasteiger partial charge in [-0.1, -0.05) is 77.6 Å². The molecule has 1 heterocycles. The number of amides is 1. The molecule has 1 aromatic heterocycles. The molecule has 1 aromatic rings. The number of rotatable bonds is 19. The predicted octanol–water partition coefficient (Wildman–Crippen LogP) is 4.23. The van der Waals surface area contributed by atoms with Crippen molar-refractivity contribution in [2.75, 3.05) is 13.1 Å². The first-order chi connectivity index (χ1) is 14.2. The van der Waals surface area contributed by atoms with Gasteiger partial charge in [0.1, 0.15) is 12.3 Å². The first-order valence-electron chi connectivity index (χ1n) is 11.4. The van der Waals surface area contributed by atoms with Crippen LogP contribution in [-0.4, -0.2) is 42.5 Å². The number of hydrogen-bond acceptors (Lipinski definition) is 5. The fourth-order valence-corrected chi connectivity index (χ4v) is 3.32. The predicted molar refractivity (Wildman–Crippen MR) is 116 cm³/mol. The van der Waals surface area contributed by atoms with Crippen LogP contribution in [0.25, 0.3) is 0 Å². The fraction of sp³-hybridized carbons (Fsp3) is 0.739. The highest BCUT2D eigenvalue weighted by Gasteiger charge is 2.22. The van der Waals surface area contributed by atoms with Crippen molar-refractivity contribution >= 4 is 12.2 Å². The maximum atomic E-state index is 11.9. The van der Waals surface area contributed by atoms with E-state index in [-0.39, 0.29) is 12.3 Å². The van der Waals surface area contributed by atoms with Gasteiger partial charge in [0.2, 0.25) is 0 Å². The minimum absolute atomic E-state index is 0.119. The summed E-state index contributed by atoms with van der Waals surface area (Å²) in [5, 5.41) is 15.7. The lowest BCUT2D eigenvalue weighted by molar-refractivity contribution is -0.111. The molecular formula is C23H40N2O4. The highest BCUT2D eigenvalue weighted by Crippen LogP contribution is 2.11. The molecule has 0 bridgehead atoms. The number of nitrogens with one attached hydrogen (secondary N) is 2. The van der Waals surface area contributed by atoms with Gasteiger partial charge in [0.05, 0.1) is 12.4 Å². The molecular weight excluding hydrogens is 368 g/mol. The lowest BCUT2D eigenvalue weighted by Gasteiger charge is -2.19. The van der Waals surface area contributed by atoms with Crippen LogP contribution in [0.3, 0.4) is 0 Å². The van der Waals surface area contributed by atoms with E-state index >= 15 is 0 Å². The first kappa shape index (κ1) is 25.4. The molecule has 0 aromatic carbocycles. The molecule has 0 fully saturated rings. The normalized spacial score (nSPS) is 13.2. The van der Waals surface area contributed by atoms with E-state index in [1.165, 1.54) is 83.0 Å². The number of furan rings is 1. The zero-order valence-corrected chi connectivity index (χ0v) is 18.0. The van der Waals surface area contributed by atoms with Gasteiger partial charge in [0.25, 0.3) is 5.91 Å². The van der Waals surface area contributed by atoms with Gasteiger partial charge in [0.15, 0.2) is 5.76 Å². The lowest BCUT2D eigenvalue weighted by Crippen LogP contribution is -2.48. The van der Waals surface area contributed by atoms with E-state index in [0.717, 1.165) is 13.0 Å². The van der Waals surface area contributed by atoms with Crippen molar-refractivity contribution in [2.24, 2.45) is 0 Å². The van der Waals surface area contributed by atoms with E-state index in [1.54, 1.807) is 6.07 Å². The molecule has 1 rings (SSSR count). The molecule has 0 aliphatic rings. The maximum absolute atomic E-state index is 11.9. The van der Waals surface area contributed by atoms with Crippen molar-refractivity contribution in [1.82, 2.24) is 10.6 Å². The Labute approximate surface area is 175 Å². The molecule has 0 saturated heterocycles. The van der Waals surface area contributed by atoms with E-state index in [9.17, 15) is 14.7 Å². The van der Waals surface area contributed by atoms with Crippen molar-refractivity contribution in [3.8, 4) is 0 Å². The third-order valence-electron chi connectivity index (χ3n) is 5.16. The molecule has 0 aliphatic heterocycles. The van der Waals surface area contributed by atoms with Gasteiger partial charge in [0, 0.05) is 6.54 Å². The Morgan fingerprint density at radius 2 is 1.62 bits per heavy atom. The van der Waals surface area contributed by atoms with Crippen molar-refractivity contribution in [3.63, 3.8) is 0 Å². The lowest BCUT2D eigenvalue weighted by atomic mass is 10.1. The summed E-state index contributed by atoms with van der Waals surface area (Å²) in [6, 6.07) is 2.15. The Balaban J connectivity index is 1.95. The number of aldehydes is 1. The van der Waals surface area contributed by atoms with Crippen molar-refractivity contribution in [3.05, 3.63) is 24.2 Å². The van der Waals surface area contributed by atoms with Crippen LogP contribution in [-0.2, 0) is 4.79 Å². The molecule has 29 heavy (non-hydrogen) atoms. The molecule has 2 atom stereocenters. The molecule has 0 radical (unpaired) electrons. The molecule has 0 aliphatic carbocycles. The molecule has 0 unspecified atom stereocenters. The second-order valence-electron chi connectivity index (χ2n) is 7.77. The summed E-state index contributed by atoms with van der Waals surface area (Å²) in [6.45, 7) is 3.31. The number of hydrogen-bond donors (Lipinski definition) is 3. The zero-order valence-electron chi connectivity index (χ0n) is 18.0. The van der Waals surface area contributed by atoms with Gasteiger partial charge in [-0.2, -0.15) is 0 Å². The van der Waals surface area contributed by atoms with E-state index < -0.39 is 18.1 Å². The topological polar surface area (TPSA) is 91.6 Å². The minimum Gasteiger partial charge on any atom is -0.459 e. The summed E-state index contributed by atoms with van der Waals surface area (Å²) in [5.74, 6) is -0.388. The summed E-state index contributed by atoms with van der Waals surface area (Å²) in [7, 11) is 0. The summed E-state index contributed by atoms with van der Waals surface area (Å²) in [5.41, 5.74) is 0. The SMILES string of the molecule is CCCCCCCCCCCCCCNC[C@H](O)[C@@H](C=O)NC(=O)c1ccco1. The van der Waals surface area contributed by atoms with Gasteiger partial charge in [-0.15, -0.1) is 0 Å². The summed E-state index contributed by atoms with van der Waals surface area (Å²) in [6.07, 6.45) is 16.6. The Hall–Kier alpha value is -1.66. The third kappa shape index (κ3) is 12.5. The van der Waals surface area contributed by atoms with Crippen LogP contribution in [0.1, 0.15) is 94.5 Å². The van der Waals surface area contributed by atoms with Crippen molar-refractivity contribution in [2.45, 2.75) is 96.1 Å². The number of carbonyl (C=O) groups excluding carboxylic acids is 2. The molecule has 166 valence electrons. The molecule has 6 heteroatoms. The highest BCUT2D eigenvalue weighted by atomic mass is 16.3. The Morgan fingerprint density at radius 1 is 1.03 bits per heavy atom. The summed E-state index contributed by atoms with van der Waals surface area (Å²) < 4.78 is 4.98. The van der Waals surface area contributed by atoms with E-state index in [2.05, 4.69) is 17.6 Å². The van der Waals surface area contributed by atoms with Gasteiger partial charge < -0.3 is 25.0 Å². The van der Waals surface area contributed by atoms with Crippen LogP contribution in [0.5, 0.6) is 0 Å². The number of carbonyl (C=O) groups is 2. The highest BCUT2D eigenvalue weighted by molar-refractivity contribution is 5.93. The van der Waals surface area contributed by atoms with Crippen LogP contribution < -0.4 is 10.6 Å². The minimum atomic E-state index is -0.969. The van der Waals surface area contributed by atoms with Crippen LogP contribution in [0.4, 0.5) is 0 Å². The Morgan fingerprint density at radius 3 is 2.14 bits per heavy atom. The monoisotopic (exact) mass is 408 g/mol. The van der Waals surface area contributed by atoms with E-state index in [0.29, 0.717) is 6.29 Å². The van der Waals surface area contributed by atoms with Gasteiger partial charge in [-0.3, -0.25) is 4.79 Å². The van der Waals surface area contributed by atoms with Crippen LogP contribution in [0.15, 0.2) is 22.8 Å². The first-order valence-corrected chi connectivity index (χ1v) is 11.4. The largest absolute Gasteiger partial charge is 0.459 e. The van der Waals surface area contributed by atoms with E-state index in [4.69, 9.17) is 4.42 Å². The standard InChI is InChI=1S/C23H40N2O4/c1-2-3-4-5-6-7-8-9-10-11-12-13-16-24-18-21(27)20(19-26)25-23(28)22-15-14-17-29-22/h14-15,17,19-21,24,27H,2-13,16,18H2,1H3,(H,25,28)/t20-,21+/m1/s1. The van der Waals surface area contributed by atoms with Crippen LogP contribution in [0.2, 0.25) is 0 Å². The smallest absolute Gasteiger partial charge is 0.287 e. The van der Waals surface area contributed by atoms with Crippen LogP contribution >= 0.6 is 0 Å². The molecule has 0 spiro atoms.